The van der Waals surface area contributed by atoms with Gasteiger partial charge < -0.3 is 4.74 Å². The van der Waals surface area contributed by atoms with Gasteiger partial charge >= 0.3 is 5.97 Å². The molecule has 0 spiro atoms. The molecule has 0 saturated carbocycles. The van der Waals surface area contributed by atoms with Crippen LogP contribution in [0.15, 0.2) is 48.8 Å². The average molecular weight is 361 g/mol. The van der Waals surface area contributed by atoms with Crippen molar-refractivity contribution in [2.45, 2.75) is 20.5 Å². The highest BCUT2D eigenvalue weighted by Crippen LogP contribution is 2.22. The summed E-state index contributed by atoms with van der Waals surface area (Å²) in [6, 6.07) is 11.3. The van der Waals surface area contributed by atoms with Gasteiger partial charge in [0, 0.05) is 25.1 Å². The van der Waals surface area contributed by atoms with Gasteiger partial charge in [-0.15, -0.1) is 0 Å². The first kappa shape index (κ1) is 17.0. The molecular formula is C20H19N5O2. The fourth-order valence-corrected chi connectivity index (χ4v) is 3.12. The largest absolute Gasteiger partial charge is 0.457 e. The van der Waals surface area contributed by atoms with Crippen molar-refractivity contribution in [3.8, 4) is 5.69 Å². The molecular weight excluding hydrogens is 342 g/mol. The Morgan fingerprint density at radius 3 is 2.67 bits per heavy atom. The molecule has 3 heterocycles. The van der Waals surface area contributed by atoms with Gasteiger partial charge in [-0.25, -0.2) is 14.5 Å². The maximum absolute atomic E-state index is 12.7. The van der Waals surface area contributed by atoms with Crippen LogP contribution >= 0.6 is 0 Å². The van der Waals surface area contributed by atoms with Crippen molar-refractivity contribution in [2.75, 3.05) is 0 Å². The SMILES string of the molecule is Cc1cc(C(=O)OCc2ccc(-n3cccn3)cc2)c2c(C)nn(C)c2n1. The Morgan fingerprint density at radius 1 is 1.19 bits per heavy atom. The van der Waals surface area contributed by atoms with Crippen molar-refractivity contribution in [3.05, 3.63) is 71.3 Å². The summed E-state index contributed by atoms with van der Waals surface area (Å²) < 4.78 is 9.00. The highest BCUT2D eigenvalue weighted by Gasteiger charge is 2.18. The van der Waals surface area contributed by atoms with Gasteiger partial charge in [0.2, 0.25) is 0 Å². The predicted octanol–water partition coefficient (Wildman–Crippen LogP) is 3.13. The van der Waals surface area contributed by atoms with E-state index in [0.29, 0.717) is 11.2 Å². The quantitative estimate of drug-likeness (QED) is 0.522. The number of carbonyl (C=O) groups excluding carboxylic acids is 1. The Bertz CT molecular complexity index is 1110. The van der Waals surface area contributed by atoms with E-state index in [9.17, 15) is 4.79 Å². The molecule has 7 heteroatoms. The number of pyridine rings is 1. The molecule has 0 saturated heterocycles. The lowest BCUT2D eigenvalue weighted by molar-refractivity contribution is 0.0475. The van der Waals surface area contributed by atoms with Crippen molar-refractivity contribution in [3.63, 3.8) is 0 Å². The van der Waals surface area contributed by atoms with Gasteiger partial charge in [0.1, 0.15) is 6.61 Å². The second-order valence-corrected chi connectivity index (χ2v) is 6.41. The third-order valence-electron chi connectivity index (χ3n) is 4.39. The topological polar surface area (TPSA) is 74.8 Å². The number of benzene rings is 1. The molecule has 0 aliphatic carbocycles. The molecule has 1 aromatic carbocycles. The van der Waals surface area contributed by atoms with Crippen LogP contribution in [0.5, 0.6) is 0 Å². The summed E-state index contributed by atoms with van der Waals surface area (Å²) in [5.41, 5.74) is 4.55. The molecule has 27 heavy (non-hydrogen) atoms. The number of fused-ring (bicyclic) bond motifs is 1. The van der Waals surface area contributed by atoms with Gasteiger partial charge in [-0.2, -0.15) is 10.2 Å². The van der Waals surface area contributed by atoms with Crippen LogP contribution in [-0.4, -0.2) is 30.5 Å². The van der Waals surface area contributed by atoms with Crippen LogP contribution < -0.4 is 0 Å². The minimum atomic E-state index is -0.377. The van der Waals surface area contributed by atoms with E-state index in [2.05, 4.69) is 15.2 Å². The first-order valence-corrected chi connectivity index (χ1v) is 8.60. The summed E-state index contributed by atoms with van der Waals surface area (Å²) in [5.74, 6) is -0.377. The number of esters is 1. The number of hydrogen-bond acceptors (Lipinski definition) is 5. The van der Waals surface area contributed by atoms with E-state index < -0.39 is 0 Å². The highest BCUT2D eigenvalue weighted by atomic mass is 16.5. The van der Waals surface area contributed by atoms with Crippen molar-refractivity contribution < 1.29 is 9.53 Å². The van der Waals surface area contributed by atoms with Crippen LogP contribution in [0, 0.1) is 13.8 Å². The molecule has 4 rings (SSSR count). The summed E-state index contributed by atoms with van der Waals surface area (Å²) in [5, 5.41) is 9.30. The lowest BCUT2D eigenvalue weighted by Gasteiger charge is -2.08. The molecule has 0 atom stereocenters. The third-order valence-corrected chi connectivity index (χ3v) is 4.39. The second kappa shape index (κ2) is 6.68. The molecule has 4 aromatic rings. The van der Waals surface area contributed by atoms with Gasteiger partial charge in [0.15, 0.2) is 5.65 Å². The molecule has 0 radical (unpaired) electrons. The molecule has 0 amide bonds. The summed E-state index contributed by atoms with van der Waals surface area (Å²) in [7, 11) is 1.82. The maximum Gasteiger partial charge on any atom is 0.339 e. The van der Waals surface area contributed by atoms with Crippen LogP contribution in [0.2, 0.25) is 0 Å². The van der Waals surface area contributed by atoms with E-state index >= 15 is 0 Å². The van der Waals surface area contributed by atoms with Gasteiger partial charge in [-0.1, -0.05) is 12.1 Å². The molecule has 136 valence electrons. The normalized spacial score (nSPS) is 11.1. The first-order valence-electron chi connectivity index (χ1n) is 8.60. The predicted molar refractivity (Wildman–Crippen MR) is 101 cm³/mol. The second-order valence-electron chi connectivity index (χ2n) is 6.41. The number of ether oxygens (including phenoxy) is 1. The van der Waals surface area contributed by atoms with E-state index in [1.807, 2.05) is 57.4 Å². The van der Waals surface area contributed by atoms with E-state index in [0.717, 1.165) is 28.0 Å². The Hall–Kier alpha value is -3.48. The number of hydrogen-bond donors (Lipinski definition) is 0. The van der Waals surface area contributed by atoms with Crippen molar-refractivity contribution >= 4 is 17.0 Å². The summed E-state index contributed by atoms with van der Waals surface area (Å²) in [4.78, 5) is 17.2. The molecule has 0 unspecified atom stereocenters. The standard InChI is InChI=1S/C20H19N5O2/c1-13-11-17(18-14(2)23-24(3)19(18)22-13)20(26)27-12-15-5-7-16(8-6-15)25-10-4-9-21-25/h4-11H,12H2,1-3H3. The number of carbonyl (C=O) groups is 1. The van der Waals surface area contributed by atoms with Crippen LogP contribution in [0.3, 0.4) is 0 Å². The van der Waals surface area contributed by atoms with Gasteiger partial charge in [0.05, 0.1) is 22.3 Å². The van der Waals surface area contributed by atoms with E-state index in [1.54, 1.807) is 21.6 Å². The number of aromatic nitrogens is 5. The van der Waals surface area contributed by atoms with E-state index in [4.69, 9.17) is 4.74 Å². The fraction of sp³-hybridized carbons (Fsp3) is 0.200. The smallest absolute Gasteiger partial charge is 0.339 e. The molecule has 0 fully saturated rings. The molecule has 7 nitrogen and oxygen atoms in total. The lowest BCUT2D eigenvalue weighted by atomic mass is 10.1. The minimum Gasteiger partial charge on any atom is -0.457 e. The Labute approximate surface area is 156 Å². The molecule has 0 aliphatic heterocycles. The molecule has 0 bridgehead atoms. The summed E-state index contributed by atoms with van der Waals surface area (Å²) in [6.07, 6.45) is 3.61. The van der Waals surface area contributed by atoms with Crippen molar-refractivity contribution in [1.29, 1.82) is 0 Å². The van der Waals surface area contributed by atoms with Gasteiger partial charge in [-0.05, 0) is 43.7 Å². The van der Waals surface area contributed by atoms with Crippen LogP contribution in [0.25, 0.3) is 16.7 Å². The minimum absolute atomic E-state index is 0.195. The summed E-state index contributed by atoms with van der Waals surface area (Å²) >= 11 is 0. The fourth-order valence-electron chi connectivity index (χ4n) is 3.12. The lowest BCUT2D eigenvalue weighted by Crippen LogP contribution is -2.08. The van der Waals surface area contributed by atoms with E-state index in [-0.39, 0.29) is 12.6 Å². The average Bonchev–Trinajstić information content (AvgIpc) is 3.28. The Morgan fingerprint density at radius 2 is 1.96 bits per heavy atom. The zero-order chi connectivity index (χ0) is 19.0. The first-order chi connectivity index (χ1) is 13.0. The van der Waals surface area contributed by atoms with Crippen LogP contribution in [0.1, 0.15) is 27.3 Å². The van der Waals surface area contributed by atoms with Crippen LogP contribution in [0.4, 0.5) is 0 Å². The highest BCUT2D eigenvalue weighted by molar-refractivity contribution is 6.03. The maximum atomic E-state index is 12.7. The third kappa shape index (κ3) is 3.19. The molecule has 0 N–H and O–H groups in total. The zero-order valence-electron chi connectivity index (χ0n) is 15.4. The Balaban J connectivity index is 1.54. The van der Waals surface area contributed by atoms with Crippen molar-refractivity contribution in [2.24, 2.45) is 7.05 Å². The van der Waals surface area contributed by atoms with Crippen molar-refractivity contribution in [1.82, 2.24) is 24.5 Å². The van der Waals surface area contributed by atoms with E-state index in [1.165, 1.54) is 0 Å². The van der Waals surface area contributed by atoms with Gasteiger partial charge in [-0.3, -0.25) is 4.68 Å². The Kier molecular flexibility index (Phi) is 4.19. The molecule has 0 aliphatic rings. The number of nitrogens with zero attached hydrogens (tertiary/aromatic N) is 5. The summed E-state index contributed by atoms with van der Waals surface area (Å²) in [6.45, 7) is 3.91. The number of aryl methyl sites for hydroxylation is 3. The monoisotopic (exact) mass is 361 g/mol. The van der Waals surface area contributed by atoms with Crippen LogP contribution in [-0.2, 0) is 18.4 Å². The number of rotatable bonds is 4. The molecule has 3 aromatic heterocycles. The zero-order valence-corrected chi connectivity index (χ0v) is 15.4. The van der Waals surface area contributed by atoms with Gasteiger partial charge in [0.25, 0.3) is 0 Å².